The molecule has 0 aliphatic rings. The maximum absolute atomic E-state index is 11.8. The average Bonchev–Trinajstić information content (AvgIpc) is 2.46. The molecule has 0 heterocycles. The molecule has 1 aromatic rings. The van der Waals surface area contributed by atoms with Crippen molar-refractivity contribution >= 4 is 11.6 Å². The molecule has 0 atom stereocenters. The molecule has 0 spiro atoms. The largest absolute Gasteiger partial charge is 0.326 e. The number of amides is 1. The molecule has 0 bridgehead atoms. The number of anilines is 1. The van der Waals surface area contributed by atoms with Gasteiger partial charge < -0.3 is 10.2 Å². The van der Waals surface area contributed by atoms with Gasteiger partial charge in [-0.15, -0.1) is 0 Å². The number of nitrogens with one attached hydrogen (secondary N) is 1. The van der Waals surface area contributed by atoms with Crippen LogP contribution in [0.2, 0.25) is 0 Å². The molecule has 0 radical (unpaired) electrons. The lowest BCUT2D eigenvalue weighted by molar-refractivity contribution is -0.116. The van der Waals surface area contributed by atoms with Gasteiger partial charge in [0.25, 0.3) is 0 Å². The second-order valence-electron chi connectivity index (χ2n) is 5.96. The van der Waals surface area contributed by atoms with Crippen LogP contribution in [0.5, 0.6) is 0 Å². The summed E-state index contributed by atoms with van der Waals surface area (Å²) in [5, 5.41) is 2.98. The molecule has 3 heteroatoms. The SMILES string of the molecule is CCCCCCCC(=O)Nc1ccc(CCN(C)C)cc1. The molecule has 0 unspecified atom stereocenters. The third kappa shape index (κ3) is 8.51. The van der Waals surface area contributed by atoms with Crippen LogP contribution in [-0.2, 0) is 11.2 Å². The molecular weight excluding hydrogens is 260 g/mol. The molecule has 0 aliphatic carbocycles. The lowest BCUT2D eigenvalue weighted by atomic mass is 10.1. The maximum atomic E-state index is 11.8. The number of hydrogen-bond donors (Lipinski definition) is 1. The van der Waals surface area contributed by atoms with E-state index in [1.807, 2.05) is 12.1 Å². The van der Waals surface area contributed by atoms with Crippen LogP contribution >= 0.6 is 0 Å². The Morgan fingerprint density at radius 3 is 2.33 bits per heavy atom. The number of unbranched alkanes of at least 4 members (excludes halogenated alkanes) is 4. The fourth-order valence-electron chi connectivity index (χ4n) is 2.22. The fourth-order valence-corrected chi connectivity index (χ4v) is 2.22. The van der Waals surface area contributed by atoms with Crippen LogP contribution in [0.3, 0.4) is 0 Å². The number of carbonyl (C=O) groups is 1. The van der Waals surface area contributed by atoms with Gasteiger partial charge in [-0.05, 0) is 44.6 Å². The summed E-state index contributed by atoms with van der Waals surface area (Å²) >= 11 is 0. The molecule has 0 saturated carbocycles. The molecular formula is C18H30N2O. The van der Waals surface area contributed by atoms with Crippen LogP contribution in [0.25, 0.3) is 0 Å². The summed E-state index contributed by atoms with van der Waals surface area (Å²) in [5.41, 5.74) is 2.21. The van der Waals surface area contributed by atoms with Gasteiger partial charge >= 0.3 is 0 Å². The Bertz CT molecular complexity index is 398. The molecule has 0 saturated heterocycles. The van der Waals surface area contributed by atoms with E-state index in [1.54, 1.807) is 0 Å². The van der Waals surface area contributed by atoms with Crippen molar-refractivity contribution in [2.45, 2.75) is 51.9 Å². The van der Waals surface area contributed by atoms with Gasteiger partial charge in [-0.2, -0.15) is 0 Å². The summed E-state index contributed by atoms with van der Waals surface area (Å²) in [5.74, 6) is 0.132. The van der Waals surface area contributed by atoms with Crippen LogP contribution in [0.15, 0.2) is 24.3 Å². The minimum absolute atomic E-state index is 0.132. The third-order valence-electron chi connectivity index (χ3n) is 3.59. The van der Waals surface area contributed by atoms with Crippen molar-refractivity contribution in [3.05, 3.63) is 29.8 Å². The number of benzene rings is 1. The van der Waals surface area contributed by atoms with E-state index in [-0.39, 0.29) is 5.91 Å². The molecule has 118 valence electrons. The minimum atomic E-state index is 0.132. The van der Waals surface area contributed by atoms with Crippen LogP contribution in [0, 0.1) is 0 Å². The van der Waals surface area contributed by atoms with Crippen molar-refractivity contribution in [1.82, 2.24) is 4.90 Å². The van der Waals surface area contributed by atoms with Crippen LogP contribution < -0.4 is 5.32 Å². The topological polar surface area (TPSA) is 32.3 Å². The Kier molecular flexibility index (Phi) is 8.76. The highest BCUT2D eigenvalue weighted by Crippen LogP contribution is 2.12. The Morgan fingerprint density at radius 2 is 1.71 bits per heavy atom. The van der Waals surface area contributed by atoms with Gasteiger partial charge in [0, 0.05) is 18.7 Å². The highest BCUT2D eigenvalue weighted by atomic mass is 16.1. The van der Waals surface area contributed by atoms with Crippen molar-refractivity contribution in [2.75, 3.05) is 26.0 Å². The van der Waals surface area contributed by atoms with Gasteiger partial charge in [-0.25, -0.2) is 0 Å². The fraction of sp³-hybridized carbons (Fsp3) is 0.611. The zero-order valence-electron chi connectivity index (χ0n) is 13.8. The van der Waals surface area contributed by atoms with Crippen LogP contribution in [0.4, 0.5) is 5.69 Å². The van der Waals surface area contributed by atoms with Gasteiger partial charge in [0.15, 0.2) is 0 Å². The van der Waals surface area contributed by atoms with E-state index in [0.29, 0.717) is 6.42 Å². The van der Waals surface area contributed by atoms with Gasteiger partial charge in [0.2, 0.25) is 5.91 Å². The molecule has 3 nitrogen and oxygen atoms in total. The lowest BCUT2D eigenvalue weighted by Gasteiger charge is -2.10. The second kappa shape index (κ2) is 10.4. The van der Waals surface area contributed by atoms with E-state index in [2.05, 4.69) is 43.4 Å². The van der Waals surface area contributed by atoms with Crippen molar-refractivity contribution in [1.29, 1.82) is 0 Å². The number of rotatable bonds is 10. The van der Waals surface area contributed by atoms with Crippen molar-refractivity contribution < 1.29 is 4.79 Å². The highest BCUT2D eigenvalue weighted by molar-refractivity contribution is 5.90. The molecule has 0 aromatic heterocycles. The summed E-state index contributed by atoms with van der Waals surface area (Å²) in [4.78, 5) is 14.0. The Morgan fingerprint density at radius 1 is 1.05 bits per heavy atom. The van der Waals surface area contributed by atoms with E-state index in [0.717, 1.165) is 31.5 Å². The lowest BCUT2D eigenvalue weighted by Crippen LogP contribution is -2.15. The molecule has 1 N–H and O–H groups in total. The van der Waals surface area contributed by atoms with Crippen molar-refractivity contribution in [3.63, 3.8) is 0 Å². The zero-order chi connectivity index (χ0) is 15.5. The number of carbonyl (C=O) groups excluding carboxylic acids is 1. The summed E-state index contributed by atoms with van der Waals surface area (Å²) in [6.07, 6.45) is 7.58. The second-order valence-corrected chi connectivity index (χ2v) is 5.96. The number of likely N-dealkylation sites (N-methyl/N-ethyl adjacent to an activating group) is 1. The first-order valence-corrected chi connectivity index (χ1v) is 8.15. The van der Waals surface area contributed by atoms with Crippen LogP contribution in [-0.4, -0.2) is 31.4 Å². The van der Waals surface area contributed by atoms with Crippen LogP contribution in [0.1, 0.15) is 51.0 Å². The predicted octanol–water partition coefficient (Wildman–Crippen LogP) is 4.09. The average molecular weight is 290 g/mol. The Hall–Kier alpha value is -1.35. The zero-order valence-corrected chi connectivity index (χ0v) is 13.8. The third-order valence-corrected chi connectivity index (χ3v) is 3.59. The van der Waals surface area contributed by atoms with Gasteiger partial charge in [-0.1, -0.05) is 44.7 Å². The summed E-state index contributed by atoms with van der Waals surface area (Å²) in [6.45, 7) is 3.25. The quantitative estimate of drug-likeness (QED) is 0.658. The summed E-state index contributed by atoms with van der Waals surface area (Å²) in [7, 11) is 4.16. The normalized spacial score (nSPS) is 10.9. The molecule has 1 rings (SSSR count). The van der Waals surface area contributed by atoms with Gasteiger partial charge in [0.1, 0.15) is 0 Å². The standard InChI is InChI=1S/C18H30N2O/c1-4-5-6-7-8-9-18(21)19-17-12-10-16(11-13-17)14-15-20(2)3/h10-13H,4-9,14-15H2,1-3H3,(H,19,21). The Balaban J connectivity index is 2.26. The van der Waals surface area contributed by atoms with Gasteiger partial charge in [-0.3, -0.25) is 4.79 Å². The highest BCUT2D eigenvalue weighted by Gasteiger charge is 2.02. The molecule has 1 amide bonds. The van der Waals surface area contributed by atoms with E-state index in [9.17, 15) is 4.79 Å². The summed E-state index contributed by atoms with van der Waals surface area (Å²) < 4.78 is 0. The van der Waals surface area contributed by atoms with E-state index < -0.39 is 0 Å². The first-order valence-electron chi connectivity index (χ1n) is 8.15. The van der Waals surface area contributed by atoms with E-state index in [4.69, 9.17) is 0 Å². The summed E-state index contributed by atoms with van der Waals surface area (Å²) in [6, 6.07) is 8.20. The van der Waals surface area contributed by atoms with E-state index in [1.165, 1.54) is 24.8 Å². The molecule has 0 fully saturated rings. The Labute approximate surface area is 129 Å². The predicted molar refractivity (Wildman–Crippen MR) is 90.7 cm³/mol. The first kappa shape index (κ1) is 17.7. The molecule has 1 aromatic carbocycles. The number of hydrogen-bond acceptors (Lipinski definition) is 2. The molecule has 0 aliphatic heterocycles. The van der Waals surface area contributed by atoms with Crippen molar-refractivity contribution in [3.8, 4) is 0 Å². The number of nitrogens with zero attached hydrogens (tertiary/aromatic N) is 1. The minimum Gasteiger partial charge on any atom is -0.326 e. The smallest absolute Gasteiger partial charge is 0.224 e. The monoisotopic (exact) mass is 290 g/mol. The van der Waals surface area contributed by atoms with Gasteiger partial charge in [0.05, 0.1) is 0 Å². The molecule has 21 heavy (non-hydrogen) atoms. The maximum Gasteiger partial charge on any atom is 0.224 e. The first-order chi connectivity index (χ1) is 10.1. The van der Waals surface area contributed by atoms with E-state index >= 15 is 0 Å². The van der Waals surface area contributed by atoms with Crippen molar-refractivity contribution in [2.24, 2.45) is 0 Å².